The minimum absolute atomic E-state index is 0.467. The molecule has 4 nitrogen and oxygen atoms in total. The number of ether oxygens (including phenoxy) is 2. The number of halogens is 1. The second kappa shape index (κ2) is 7.45. The Kier molecular flexibility index (Phi) is 6.22. The van der Waals surface area contributed by atoms with E-state index in [0.717, 1.165) is 24.2 Å². The van der Waals surface area contributed by atoms with Gasteiger partial charge in [-0.1, -0.05) is 18.5 Å². The van der Waals surface area contributed by atoms with Gasteiger partial charge in [0.2, 0.25) is 5.88 Å². The van der Waals surface area contributed by atoms with E-state index in [0.29, 0.717) is 30.9 Å². The molecular formula is C12H19ClN2O2. The van der Waals surface area contributed by atoms with E-state index in [2.05, 4.69) is 16.9 Å². The number of hydrogen-bond donors (Lipinski definition) is 0. The lowest BCUT2D eigenvalue weighted by molar-refractivity contribution is 0.108. The van der Waals surface area contributed by atoms with E-state index in [1.807, 2.05) is 13.8 Å². The summed E-state index contributed by atoms with van der Waals surface area (Å²) in [5.41, 5.74) is 0.781. The molecule has 0 amide bonds. The number of aromatic nitrogens is 2. The first-order chi connectivity index (χ1) is 8.19. The van der Waals surface area contributed by atoms with Crippen molar-refractivity contribution >= 4 is 11.6 Å². The van der Waals surface area contributed by atoms with Gasteiger partial charge in [-0.15, -0.1) is 0 Å². The van der Waals surface area contributed by atoms with Gasteiger partial charge in [-0.25, -0.2) is 4.98 Å². The molecule has 0 unspecified atom stereocenters. The summed E-state index contributed by atoms with van der Waals surface area (Å²) in [6.45, 7) is 7.61. The topological polar surface area (TPSA) is 44.2 Å². The highest BCUT2D eigenvalue weighted by Crippen LogP contribution is 2.22. The summed E-state index contributed by atoms with van der Waals surface area (Å²) in [6, 6.07) is 0. The molecule has 1 rings (SSSR count). The van der Waals surface area contributed by atoms with Gasteiger partial charge in [0, 0.05) is 18.6 Å². The third kappa shape index (κ3) is 4.48. The van der Waals surface area contributed by atoms with E-state index in [4.69, 9.17) is 21.1 Å². The van der Waals surface area contributed by atoms with Crippen LogP contribution in [0.2, 0.25) is 5.15 Å². The third-order valence-electron chi connectivity index (χ3n) is 2.23. The van der Waals surface area contributed by atoms with E-state index in [1.165, 1.54) is 0 Å². The Balaban J connectivity index is 2.68. The summed E-state index contributed by atoms with van der Waals surface area (Å²) < 4.78 is 10.7. The van der Waals surface area contributed by atoms with Crippen LogP contribution in [0, 0.1) is 6.92 Å². The van der Waals surface area contributed by atoms with Gasteiger partial charge in [0.05, 0.1) is 6.61 Å². The fraction of sp³-hybridized carbons (Fsp3) is 0.667. The maximum Gasteiger partial charge on any atom is 0.221 e. The van der Waals surface area contributed by atoms with Gasteiger partial charge in [0.15, 0.2) is 0 Å². The van der Waals surface area contributed by atoms with Crippen molar-refractivity contribution in [2.45, 2.75) is 33.6 Å². The molecule has 0 bridgehead atoms. The minimum Gasteiger partial charge on any atom is -0.475 e. The van der Waals surface area contributed by atoms with E-state index >= 15 is 0 Å². The summed E-state index contributed by atoms with van der Waals surface area (Å²) in [4.78, 5) is 8.56. The highest BCUT2D eigenvalue weighted by atomic mass is 35.5. The van der Waals surface area contributed by atoms with Crippen LogP contribution in [-0.2, 0) is 11.2 Å². The molecule has 0 saturated heterocycles. The Hall–Kier alpha value is -0.870. The molecule has 0 aliphatic carbocycles. The highest BCUT2D eigenvalue weighted by molar-refractivity contribution is 6.30. The van der Waals surface area contributed by atoms with Crippen molar-refractivity contribution in [1.82, 2.24) is 9.97 Å². The molecule has 17 heavy (non-hydrogen) atoms. The van der Waals surface area contributed by atoms with E-state index < -0.39 is 0 Å². The zero-order valence-electron chi connectivity index (χ0n) is 10.6. The lowest BCUT2D eigenvalue weighted by atomic mass is 10.3. The molecule has 0 radical (unpaired) electrons. The molecule has 1 aromatic rings. The van der Waals surface area contributed by atoms with Gasteiger partial charge >= 0.3 is 0 Å². The van der Waals surface area contributed by atoms with Gasteiger partial charge in [0.1, 0.15) is 17.6 Å². The smallest absolute Gasteiger partial charge is 0.221 e. The SMILES string of the molecule is CCCc1nc(Cl)c(C)c(OCCOCC)n1. The third-order valence-corrected chi connectivity index (χ3v) is 2.60. The predicted molar refractivity (Wildman–Crippen MR) is 67.8 cm³/mol. The molecule has 0 fully saturated rings. The van der Waals surface area contributed by atoms with Crippen LogP contribution in [-0.4, -0.2) is 29.8 Å². The first-order valence-corrected chi connectivity index (χ1v) is 6.30. The van der Waals surface area contributed by atoms with E-state index in [1.54, 1.807) is 0 Å². The van der Waals surface area contributed by atoms with Crippen LogP contribution in [0.4, 0.5) is 0 Å². The molecule has 0 saturated carbocycles. The maximum atomic E-state index is 6.03. The number of nitrogens with zero attached hydrogens (tertiary/aromatic N) is 2. The average Bonchev–Trinajstić information content (AvgIpc) is 2.31. The Morgan fingerprint density at radius 1 is 1.18 bits per heavy atom. The maximum absolute atomic E-state index is 6.03. The molecule has 1 heterocycles. The van der Waals surface area contributed by atoms with Crippen LogP contribution in [0.15, 0.2) is 0 Å². The Morgan fingerprint density at radius 2 is 1.94 bits per heavy atom. The molecule has 0 aromatic carbocycles. The fourth-order valence-electron chi connectivity index (χ4n) is 1.33. The molecule has 0 aliphatic heterocycles. The molecular weight excluding hydrogens is 240 g/mol. The van der Waals surface area contributed by atoms with Crippen LogP contribution in [0.5, 0.6) is 5.88 Å². The summed E-state index contributed by atoms with van der Waals surface area (Å²) >= 11 is 6.03. The molecule has 0 N–H and O–H groups in total. The summed E-state index contributed by atoms with van der Waals surface area (Å²) in [6.07, 6.45) is 1.79. The Labute approximate surface area is 107 Å². The van der Waals surface area contributed by atoms with Gasteiger partial charge < -0.3 is 9.47 Å². The molecule has 0 spiro atoms. The Bertz CT molecular complexity index is 359. The second-order valence-electron chi connectivity index (χ2n) is 3.66. The van der Waals surface area contributed by atoms with Crippen molar-refractivity contribution in [2.75, 3.05) is 19.8 Å². The largest absolute Gasteiger partial charge is 0.475 e. The highest BCUT2D eigenvalue weighted by Gasteiger charge is 2.10. The zero-order chi connectivity index (χ0) is 12.7. The Morgan fingerprint density at radius 3 is 2.59 bits per heavy atom. The van der Waals surface area contributed by atoms with Crippen molar-refractivity contribution in [1.29, 1.82) is 0 Å². The quantitative estimate of drug-likeness (QED) is 0.557. The van der Waals surface area contributed by atoms with Crippen LogP contribution in [0.1, 0.15) is 31.7 Å². The lowest BCUT2D eigenvalue weighted by Gasteiger charge is -2.10. The van der Waals surface area contributed by atoms with Crippen molar-refractivity contribution in [3.63, 3.8) is 0 Å². The standard InChI is InChI=1S/C12H19ClN2O2/c1-4-6-10-14-11(13)9(3)12(15-10)17-8-7-16-5-2/h4-8H2,1-3H3. The van der Waals surface area contributed by atoms with Crippen LogP contribution < -0.4 is 4.74 Å². The normalized spacial score (nSPS) is 10.6. The number of rotatable bonds is 7. The fourth-order valence-corrected chi connectivity index (χ4v) is 1.51. The lowest BCUT2D eigenvalue weighted by Crippen LogP contribution is -2.10. The average molecular weight is 259 g/mol. The molecule has 1 aromatic heterocycles. The summed E-state index contributed by atoms with van der Waals surface area (Å²) in [5.74, 6) is 1.29. The van der Waals surface area contributed by atoms with Crippen molar-refractivity contribution in [3.8, 4) is 5.88 Å². The molecule has 96 valence electrons. The van der Waals surface area contributed by atoms with Crippen LogP contribution >= 0.6 is 11.6 Å². The molecule has 0 aliphatic rings. The monoisotopic (exact) mass is 258 g/mol. The zero-order valence-corrected chi connectivity index (χ0v) is 11.4. The van der Waals surface area contributed by atoms with Crippen molar-refractivity contribution in [2.24, 2.45) is 0 Å². The summed E-state index contributed by atoms with van der Waals surface area (Å²) in [7, 11) is 0. The van der Waals surface area contributed by atoms with Gasteiger partial charge in [-0.2, -0.15) is 4.98 Å². The number of hydrogen-bond acceptors (Lipinski definition) is 4. The second-order valence-corrected chi connectivity index (χ2v) is 4.01. The van der Waals surface area contributed by atoms with E-state index in [-0.39, 0.29) is 0 Å². The van der Waals surface area contributed by atoms with Gasteiger partial charge in [-0.05, 0) is 20.3 Å². The summed E-state index contributed by atoms with van der Waals surface area (Å²) in [5, 5.41) is 0.467. The first-order valence-electron chi connectivity index (χ1n) is 5.92. The van der Waals surface area contributed by atoms with Crippen molar-refractivity contribution < 1.29 is 9.47 Å². The molecule has 5 heteroatoms. The van der Waals surface area contributed by atoms with E-state index in [9.17, 15) is 0 Å². The predicted octanol–water partition coefficient (Wildman–Crippen LogP) is 2.81. The van der Waals surface area contributed by atoms with Crippen LogP contribution in [0.25, 0.3) is 0 Å². The first kappa shape index (κ1) is 14.2. The van der Waals surface area contributed by atoms with Crippen molar-refractivity contribution in [3.05, 3.63) is 16.5 Å². The van der Waals surface area contributed by atoms with Crippen LogP contribution in [0.3, 0.4) is 0 Å². The van der Waals surface area contributed by atoms with Gasteiger partial charge in [0.25, 0.3) is 0 Å². The van der Waals surface area contributed by atoms with Gasteiger partial charge in [-0.3, -0.25) is 0 Å². The minimum atomic E-state index is 0.467. The molecule has 0 atom stereocenters. The number of aryl methyl sites for hydroxylation is 1.